The first-order valence-corrected chi connectivity index (χ1v) is 12.5. The first-order chi connectivity index (χ1) is 18.4. The summed E-state index contributed by atoms with van der Waals surface area (Å²) in [5, 5.41) is 3.23. The molecule has 0 radical (unpaired) electrons. The number of nitrogen functional groups attached to an aromatic ring is 1. The van der Waals surface area contributed by atoms with Crippen molar-refractivity contribution in [2.75, 3.05) is 25.3 Å². The average molecular weight is 577 g/mol. The second-order valence-electron chi connectivity index (χ2n) is 10.2. The monoisotopic (exact) mass is 576 g/mol. The molecule has 3 rings (SSSR count). The molecule has 0 saturated heterocycles. The van der Waals surface area contributed by atoms with Crippen LogP contribution in [0.5, 0.6) is 0 Å². The van der Waals surface area contributed by atoms with E-state index < -0.39 is 35.4 Å². The molecule has 1 saturated carbocycles. The summed E-state index contributed by atoms with van der Waals surface area (Å²) in [6.07, 6.45) is -6.10. The third-order valence-corrected chi connectivity index (χ3v) is 6.86. The number of anilines is 2. The molecule has 0 heterocycles. The van der Waals surface area contributed by atoms with Gasteiger partial charge in [-0.15, -0.1) is 0 Å². The number of hydrogen-bond acceptors (Lipinski definition) is 6. The van der Waals surface area contributed by atoms with Crippen LogP contribution < -0.4 is 11.1 Å². The predicted octanol–water partition coefficient (Wildman–Crippen LogP) is 7.42. The lowest BCUT2D eigenvalue weighted by Gasteiger charge is -2.33. The maximum atomic E-state index is 13.2. The Morgan fingerprint density at radius 3 is 1.62 bits per heavy atom. The van der Waals surface area contributed by atoms with E-state index in [1.165, 1.54) is 14.0 Å². The molecule has 6 nitrogen and oxygen atoms in total. The SMILES string of the molecule is COC(=O)c1cc(C(F)(F)F)cc(N)c1C.COC(=O)c1cc(C(F)(F)F)cc(NC2C[C@@H](C)C[C@@H](C)C2)c1C. The molecule has 222 valence electrons. The molecule has 40 heavy (non-hydrogen) atoms. The Labute approximate surface area is 229 Å². The number of nitrogens with one attached hydrogen (secondary N) is 1. The molecular formula is C28H34F6N2O4. The highest BCUT2D eigenvalue weighted by molar-refractivity contribution is 5.93. The second-order valence-corrected chi connectivity index (χ2v) is 10.2. The quantitative estimate of drug-likeness (QED) is 0.224. The zero-order valence-corrected chi connectivity index (χ0v) is 23.1. The number of carbonyl (C=O) groups excluding carboxylic acids is 2. The van der Waals surface area contributed by atoms with E-state index in [9.17, 15) is 35.9 Å². The number of rotatable bonds is 4. The molecule has 0 aromatic heterocycles. The van der Waals surface area contributed by atoms with E-state index in [2.05, 4.69) is 28.6 Å². The van der Waals surface area contributed by atoms with Crippen molar-refractivity contribution < 1.29 is 45.4 Å². The molecule has 1 unspecified atom stereocenters. The van der Waals surface area contributed by atoms with E-state index in [1.54, 1.807) is 6.92 Å². The molecule has 0 spiro atoms. The van der Waals surface area contributed by atoms with E-state index in [0.717, 1.165) is 50.6 Å². The first kappa shape index (κ1) is 32.8. The summed E-state index contributed by atoms with van der Waals surface area (Å²) in [5.41, 5.74) is 4.41. The highest BCUT2D eigenvalue weighted by Crippen LogP contribution is 2.37. The van der Waals surface area contributed by atoms with Gasteiger partial charge in [0.2, 0.25) is 0 Å². The van der Waals surface area contributed by atoms with E-state index in [4.69, 9.17) is 5.73 Å². The number of nitrogens with two attached hydrogens (primary N) is 1. The fourth-order valence-electron chi connectivity index (χ4n) is 4.86. The van der Waals surface area contributed by atoms with Gasteiger partial charge in [-0.1, -0.05) is 13.8 Å². The van der Waals surface area contributed by atoms with Gasteiger partial charge in [-0.05, 0) is 80.3 Å². The van der Waals surface area contributed by atoms with Gasteiger partial charge in [0.05, 0.1) is 36.5 Å². The molecule has 0 amide bonds. The predicted molar refractivity (Wildman–Crippen MR) is 139 cm³/mol. The van der Waals surface area contributed by atoms with Gasteiger partial charge in [-0.3, -0.25) is 0 Å². The van der Waals surface area contributed by atoms with Gasteiger partial charge in [-0.25, -0.2) is 9.59 Å². The second kappa shape index (κ2) is 12.8. The number of methoxy groups -OCH3 is 2. The van der Waals surface area contributed by atoms with Crippen molar-refractivity contribution in [1.82, 2.24) is 0 Å². The van der Waals surface area contributed by atoms with E-state index in [0.29, 0.717) is 23.1 Å². The number of benzene rings is 2. The van der Waals surface area contributed by atoms with Crippen LogP contribution in [0.15, 0.2) is 24.3 Å². The van der Waals surface area contributed by atoms with Gasteiger partial charge in [0.15, 0.2) is 0 Å². The van der Waals surface area contributed by atoms with Gasteiger partial charge in [0.1, 0.15) is 0 Å². The Balaban J connectivity index is 0.000000305. The van der Waals surface area contributed by atoms with Gasteiger partial charge < -0.3 is 20.5 Å². The minimum absolute atomic E-state index is 0.0493. The van der Waals surface area contributed by atoms with Crippen LogP contribution in [0.25, 0.3) is 0 Å². The number of carbonyl (C=O) groups is 2. The van der Waals surface area contributed by atoms with Crippen LogP contribution in [0, 0.1) is 25.7 Å². The van der Waals surface area contributed by atoms with Crippen molar-refractivity contribution in [3.63, 3.8) is 0 Å². The zero-order chi connectivity index (χ0) is 30.6. The third kappa shape index (κ3) is 8.28. The smallest absolute Gasteiger partial charge is 0.416 e. The normalized spacial score (nSPS) is 19.2. The summed E-state index contributed by atoms with van der Waals surface area (Å²) in [6.45, 7) is 7.42. The van der Waals surface area contributed by atoms with Gasteiger partial charge >= 0.3 is 24.3 Å². The summed E-state index contributed by atoms with van der Waals surface area (Å²) in [5.74, 6) is -0.544. The fourth-order valence-corrected chi connectivity index (χ4v) is 4.86. The fraction of sp³-hybridized carbons (Fsp3) is 0.500. The number of ether oxygens (including phenoxy) is 2. The summed E-state index contributed by atoms with van der Waals surface area (Å²) >= 11 is 0. The zero-order valence-electron chi connectivity index (χ0n) is 23.1. The van der Waals surface area contributed by atoms with Crippen LogP contribution in [0.3, 0.4) is 0 Å². The minimum atomic E-state index is -4.54. The van der Waals surface area contributed by atoms with Gasteiger partial charge in [0.25, 0.3) is 0 Å². The van der Waals surface area contributed by atoms with Gasteiger partial charge in [-0.2, -0.15) is 26.3 Å². The molecule has 0 bridgehead atoms. The molecule has 3 atom stereocenters. The lowest BCUT2D eigenvalue weighted by Crippen LogP contribution is -2.30. The Hall–Kier alpha value is -3.44. The van der Waals surface area contributed by atoms with Crippen LogP contribution >= 0.6 is 0 Å². The van der Waals surface area contributed by atoms with Crippen molar-refractivity contribution in [1.29, 1.82) is 0 Å². The van der Waals surface area contributed by atoms with Crippen LogP contribution in [0.4, 0.5) is 37.7 Å². The van der Waals surface area contributed by atoms with Crippen LogP contribution in [0.2, 0.25) is 0 Å². The summed E-state index contributed by atoms with van der Waals surface area (Å²) in [4.78, 5) is 23.1. The topological polar surface area (TPSA) is 90.7 Å². The van der Waals surface area contributed by atoms with Crippen LogP contribution in [0.1, 0.15) is 76.1 Å². The summed E-state index contributed by atoms with van der Waals surface area (Å²) in [6, 6.07) is 3.58. The average Bonchev–Trinajstić information content (AvgIpc) is 2.84. The largest absolute Gasteiger partial charge is 0.465 e. The molecule has 1 aliphatic rings. The minimum Gasteiger partial charge on any atom is -0.465 e. The van der Waals surface area contributed by atoms with Crippen molar-refractivity contribution in [3.8, 4) is 0 Å². The third-order valence-electron chi connectivity index (χ3n) is 6.86. The maximum Gasteiger partial charge on any atom is 0.416 e. The Morgan fingerprint density at radius 1 is 0.775 bits per heavy atom. The first-order valence-electron chi connectivity index (χ1n) is 12.5. The number of hydrogen-bond donors (Lipinski definition) is 2. The van der Waals surface area contributed by atoms with Crippen molar-refractivity contribution >= 4 is 23.3 Å². The number of alkyl halides is 6. The lowest BCUT2D eigenvalue weighted by atomic mass is 9.80. The van der Waals surface area contributed by atoms with E-state index >= 15 is 0 Å². The van der Waals surface area contributed by atoms with Crippen molar-refractivity contribution in [2.45, 2.75) is 65.4 Å². The van der Waals surface area contributed by atoms with Crippen molar-refractivity contribution in [3.05, 3.63) is 57.6 Å². The number of halogens is 6. The highest BCUT2D eigenvalue weighted by Gasteiger charge is 2.34. The molecule has 2 aromatic carbocycles. The van der Waals surface area contributed by atoms with E-state index in [1.807, 2.05) is 0 Å². The van der Waals surface area contributed by atoms with E-state index in [-0.39, 0.29) is 28.4 Å². The lowest BCUT2D eigenvalue weighted by molar-refractivity contribution is -0.138. The van der Waals surface area contributed by atoms with Crippen LogP contribution in [-0.4, -0.2) is 32.2 Å². The number of esters is 2. The molecule has 1 aliphatic carbocycles. The standard InChI is InChI=1S/C18H24F3NO2.C10H10F3NO2/c1-10-5-11(2)7-14(6-10)22-16-9-13(18(19,20)21)8-15(12(16)3)17(23)24-4;1-5-7(9(15)16-2)3-6(4-8(5)14)10(11,12)13/h8-11,14,22H,5-7H2,1-4H3;3-4H,14H2,1-2H3/t10-,11+,14?;. The molecule has 2 aromatic rings. The molecule has 3 N–H and O–H groups in total. The molecule has 12 heteroatoms. The Bertz CT molecular complexity index is 1220. The van der Waals surface area contributed by atoms with Gasteiger partial charge in [0, 0.05) is 17.4 Å². The van der Waals surface area contributed by atoms with Crippen molar-refractivity contribution in [2.24, 2.45) is 11.8 Å². The Kier molecular flexibility index (Phi) is 10.5. The summed E-state index contributed by atoms with van der Waals surface area (Å²) < 4.78 is 85.8. The summed E-state index contributed by atoms with van der Waals surface area (Å²) in [7, 11) is 2.26. The molecule has 1 fully saturated rings. The molecular weight excluding hydrogens is 542 g/mol. The highest BCUT2D eigenvalue weighted by atomic mass is 19.4. The maximum absolute atomic E-state index is 13.2. The molecule has 0 aliphatic heterocycles. The Morgan fingerprint density at radius 2 is 1.20 bits per heavy atom. The van der Waals surface area contributed by atoms with Crippen LogP contribution in [-0.2, 0) is 21.8 Å².